The van der Waals surface area contributed by atoms with E-state index in [4.69, 9.17) is 4.74 Å². The lowest BCUT2D eigenvalue weighted by Crippen LogP contribution is -2.37. The van der Waals surface area contributed by atoms with Crippen LogP contribution in [0.15, 0.2) is 29.8 Å². The fraction of sp³-hybridized carbons (Fsp3) is 0.421. The fourth-order valence-electron chi connectivity index (χ4n) is 2.93. The smallest absolute Gasteiger partial charge is 0.266 e. The molecule has 1 aromatic heterocycles. The minimum atomic E-state index is -0.216. The number of benzene rings is 1. The summed E-state index contributed by atoms with van der Waals surface area (Å²) in [5, 5.41) is 2.86. The van der Waals surface area contributed by atoms with Crippen LogP contribution in [-0.4, -0.2) is 61.1 Å². The van der Waals surface area contributed by atoms with Crippen molar-refractivity contribution in [3.05, 3.63) is 40.3 Å². The Bertz CT molecular complexity index is 785. The molecule has 1 aliphatic rings. The number of morpholine rings is 1. The van der Waals surface area contributed by atoms with Gasteiger partial charge in [-0.15, -0.1) is 11.3 Å². The highest BCUT2D eigenvalue weighted by atomic mass is 32.1. The van der Waals surface area contributed by atoms with Gasteiger partial charge in [0, 0.05) is 31.0 Å². The highest BCUT2D eigenvalue weighted by Gasteiger charge is 2.21. The first-order chi connectivity index (χ1) is 13.1. The van der Waals surface area contributed by atoms with Gasteiger partial charge in [0.05, 0.1) is 24.4 Å². The van der Waals surface area contributed by atoms with E-state index >= 15 is 0 Å². The van der Waals surface area contributed by atoms with Gasteiger partial charge >= 0.3 is 0 Å². The molecule has 1 aromatic carbocycles. The number of nitrogens with one attached hydrogen (secondary N) is 1. The van der Waals surface area contributed by atoms with Gasteiger partial charge in [-0.05, 0) is 38.1 Å². The normalized spacial score (nSPS) is 14.1. The second kappa shape index (κ2) is 8.96. The molecule has 0 saturated carbocycles. The zero-order valence-electron chi connectivity index (χ0n) is 15.6. The van der Waals surface area contributed by atoms with E-state index in [1.807, 2.05) is 31.2 Å². The number of thiazole rings is 1. The Labute approximate surface area is 162 Å². The zero-order chi connectivity index (χ0) is 19.2. The van der Waals surface area contributed by atoms with Crippen molar-refractivity contribution in [1.82, 2.24) is 9.88 Å². The molecular weight excluding hydrogens is 364 g/mol. The number of ether oxygens (including phenoxy) is 1. The van der Waals surface area contributed by atoms with Gasteiger partial charge in [-0.3, -0.25) is 9.59 Å². The molecule has 7 nitrogen and oxygen atoms in total. The molecule has 1 aliphatic heterocycles. The number of hydrogen-bond acceptors (Lipinski definition) is 6. The van der Waals surface area contributed by atoms with Crippen molar-refractivity contribution in [3.8, 4) is 0 Å². The fourth-order valence-corrected chi connectivity index (χ4v) is 3.70. The van der Waals surface area contributed by atoms with Crippen LogP contribution >= 0.6 is 11.3 Å². The van der Waals surface area contributed by atoms with E-state index in [1.54, 1.807) is 12.4 Å². The second-order valence-electron chi connectivity index (χ2n) is 6.28. The van der Waals surface area contributed by atoms with Gasteiger partial charge in [-0.2, -0.15) is 0 Å². The zero-order valence-corrected chi connectivity index (χ0v) is 16.4. The third-order valence-electron chi connectivity index (χ3n) is 4.47. The van der Waals surface area contributed by atoms with Crippen LogP contribution in [0.1, 0.15) is 22.3 Å². The first-order valence-electron chi connectivity index (χ1n) is 9.00. The summed E-state index contributed by atoms with van der Waals surface area (Å²) in [6, 6.07) is 7.75. The van der Waals surface area contributed by atoms with Crippen LogP contribution in [-0.2, 0) is 9.53 Å². The predicted octanol–water partition coefficient (Wildman–Crippen LogP) is 2.39. The van der Waals surface area contributed by atoms with Gasteiger partial charge in [0.1, 0.15) is 11.4 Å². The second-order valence-corrected chi connectivity index (χ2v) is 7.14. The maximum atomic E-state index is 12.6. The van der Waals surface area contributed by atoms with Crippen molar-refractivity contribution in [2.24, 2.45) is 0 Å². The van der Waals surface area contributed by atoms with Crippen LogP contribution in [0.4, 0.5) is 11.4 Å². The Morgan fingerprint density at radius 3 is 2.56 bits per heavy atom. The molecule has 8 heteroatoms. The summed E-state index contributed by atoms with van der Waals surface area (Å²) in [5.74, 6) is -0.373. The lowest BCUT2D eigenvalue weighted by Gasteiger charge is -2.29. The number of amides is 2. The quantitative estimate of drug-likeness (QED) is 0.822. The first-order valence-corrected chi connectivity index (χ1v) is 9.88. The third kappa shape index (κ3) is 4.84. The van der Waals surface area contributed by atoms with Gasteiger partial charge in [0.25, 0.3) is 5.91 Å². The molecule has 1 N–H and O–H groups in total. The molecule has 0 aliphatic carbocycles. The molecule has 0 unspecified atom stereocenters. The van der Waals surface area contributed by atoms with Crippen LogP contribution in [0.5, 0.6) is 0 Å². The summed E-state index contributed by atoms with van der Waals surface area (Å²) in [7, 11) is 0. The van der Waals surface area contributed by atoms with Crippen molar-refractivity contribution in [1.29, 1.82) is 0 Å². The van der Waals surface area contributed by atoms with E-state index in [9.17, 15) is 9.59 Å². The minimum absolute atomic E-state index is 0.0118. The van der Waals surface area contributed by atoms with E-state index < -0.39 is 0 Å². The standard InChI is InChI=1S/C19H24N4O3S/c1-3-22(19(25)18-14(2)20-13-27-18)12-17(24)21-15-4-6-16(7-5-15)23-8-10-26-11-9-23/h4-7,13H,3,8-12H2,1-2H3,(H,21,24). The Morgan fingerprint density at radius 1 is 1.26 bits per heavy atom. The third-order valence-corrected chi connectivity index (χ3v) is 5.39. The molecule has 1 fully saturated rings. The summed E-state index contributed by atoms with van der Waals surface area (Å²) < 4.78 is 5.36. The monoisotopic (exact) mass is 388 g/mol. The van der Waals surface area contributed by atoms with Gasteiger partial charge in [-0.1, -0.05) is 0 Å². The number of rotatable bonds is 6. The summed E-state index contributed by atoms with van der Waals surface area (Å²) in [6.45, 7) is 7.34. The lowest BCUT2D eigenvalue weighted by molar-refractivity contribution is -0.116. The number of nitrogens with zero attached hydrogens (tertiary/aromatic N) is 3. The van der Waals surface area contributed by atoms with Crippen molar-refractivity contribution in [3.63, 3.8) is 0 Å². The van der Waals surface area contributed by atoms with Gasteiger partial charge in [-0.25, -0.2) is 4.98 Å². The molecule has 2 amide bonds. The Morgan fingerprint density at radius 2 is 1.96 bits per heavy atom. The minimum Gasteiger partial charge on any atom is -0.378 e. The van der Waals surface area contributed by atoms with Crippen LogP contribution in [0.3, 0.4) is 0 Å². The SMILES string of the molecule is CCN(CC(=O)Nc1ccc(N2CCOCC2)cc1)C(=O)c1scnc1C. The number of likely N-dealkylation sites (N-methyl/N-ethyl adjacent to an activating group) is 1. The number of anilines is 2. The number of aryl methyl sites for hydroxylation is 1. The van der Waals surface area contributed by atoms with Crippen molar-refractivity contribution in [2.45, 2.75) is 13.8 Å². The molecule has 27 heavy (non-hydrogen) atoms. The van der Waals surface area contributed by atoms with Gasteiger partial charge in [0.2, 0.25) is 5.91 Å². The first kappa shape index (κ1) is 19.3. The Balaban J connectivity index is 1.57. The molecule has 2 heterocycles. The molecule has 0 radical (unpaired) electrons. The van der Waals surface area contributed by atoms with E-state index in [0.717, 1.165) is 37.7 Å². The molecule has 0 bridgehead atoms. The molecule has 144 valence electrons. The molecule has 0 atom stereocenters. The highest BCUT2D eigenvalue weighted by Crippen LogP contribution is 2.19. The van der Waals surface area contributed by atoms with Crippen LogP contribution in [0.25, 0.3) is 0 Å². The maximum absolute atomic E-state index is 12.6. The summed E-state index contributed by atoms with van der Waals surface area (Å²) in [4.78, 5) is 33.4. The topological polar surface area (TPSA) is 74.8 Å². The van der Waals surface area contributed by atoms with Crippen LogP contribution in [0.2, 0.25) is 0 Å². The number of carbonyl (C=O) groups is 2. The number of carbonyl (C=O) groups excluding carboxylic acids is 2. The average molecular weight is 388 g/mol. The summed E-state index contributed by atoms with van der Waals surface area (Å²) >= 11 is 1.30. The predicted molar refractivity (Wildman–Crippen MR) is 107 cm³/mol. The largest absolute Gasteiger partial charge is 0.378 e. The van der Waals surface area contributed by atoms with Crippen molar-refractivity contribution >= 4 is 34.5 Å². The Hall–Kier alpha value is -2.45. The molecule has 3 rings (SSSR count). The number of aromatic nitrogens is 1. The molecule has 2 aromatic rings. The average Bonchev–Trinajstić information content (AvgIpc) is 3.13. The van der Waals surface area contributed by atoms with Crippen LogP contribution < -0.4 is 10.2 Å². The number of hydrogen-bond donors (Lipinski definition) is 1. The summed E-state index contributed by atoms with van der Waals surface area (Å²) in [5.41, 5.74) is 4.17. The van der Waals surface area contributed by atoms with E-state index in [0.29, 0.717) is 17.1 Å². The van der Waals surface area contributed by atoms with Crippen LogP contribution in [0, 0.1) is 6.92 Å². The van der Waals surface area contributed by atoms with Gasteiger partial charge in [0.15, 0.2) is 0 Å². The molecular formula is C19H24N4O3S. The lowest BCUT2D eigenvalue weighted by atomic mass is 10.2. The molecule has 0 spiro atoms. The van der Waals surface area contributed by atoms with E-state index in [1.165, 1.54) is 16.2 Å². The Kier molecular flexibility index (Phi) is 6.41. The summed E-state index contributed by atoms with van der Waals surface area (Å²) in [6.07, 6.45) is 0. The molecule has 1 saturated heterocycles. The van der Waals surface area contributed by atoms with E-state index in [-0.39, 0.29) is 18.4 Å². The van der Waals surface area contributed by atoms with Gasteiger partial charge < -0.3 is 19.9 Å². The van der Waals surface area contributed by atoms with E-state index in [2.05, 4.69) is 15.2 Å². The highest BCUT2D eigenvalue weighted by molar-refractivity contribution is 7.11. The van der Waals surface area contributed by atoms with Crippen molar-refractivity contribution in [2.75, 3.05) is 49.6 Å². The van der Waals surface area contributed by atoms with Crippen molar-refractivity contribution < 1.29 is 14.3 Å². The maximum Gasteiger partial charge on any atom is 0.266 e.